The van der Waals surface area contributed by atoms with Crippen LogP contribution in [0.1, 0.15) is 12.6 Å². The Morgan fingerprint density at radius 3 is 2.88 bits per heavy atom. The van der Waals surface area contributed by atoms with E-state index in [9.17, 15) is 9.90 Å². The Morgan fingerprint density at radius 2 is 2.29 bits per heavy atom. The maximum atomic E-state index is 11.6. The van der Waals surface area contributed by atoms with Crippen LogP contribution in [-0.4, -0.2) is 38.6 Å². The van der Waals surface area contributed by atoms with Crippen LogP contribution < -0.4 is 17.2 Å². The number of hydrogen-bond acceptors (Lipinski definition) is 7. The molecule has 1 aliphatic rings. The molecule has 0 radical (unpaired) electrons. The number of rotatable bonds is 2. The minimum Gasteiger partial charge on any atom is -0.395 e. The SMILES string of the molecule is Nc1cn([C@H]2C[C@H](O)[C@@H](CO)O2)c(=O)nc1N. The molecule has 0 aliphatic carbocycles. The summed E-state index contributed by atoms with van der Waals surface area (Å²) >= 11 is 0. The summed E-state index contributed by atoms with van der Waals surface area (Å²) in [6.45, 7) is -0.315. The van der Waals surface area contributed by atoms with Crippen LogP contribution in [0.25, 0.3) is 0 Å². The van der Waals surface area contributed by atoms with Gasteiger partial charge in [-0.25, -0.2) is 4.79 Å². The summed E-state index contributed by atoms with van der Waals surface area (Å²) in [6.07, 6.45) is -0.704. The molecule has 8 nitrogen and oxygen atoms in total. The van der Waals surface area contributed by atoms with Gasteiger partial charge in [0.15, 0.2) is 5.82 Å². The van der Waals surface area contributed by atoms with E-state index in [-0.39, 0.29) is 24.5 Å². The van der Waals surface area contributed by atoms with Gasteiger partial charge in [0.25, 0.3) is 0 Å². The molecule has 0 saturated carbocycles. The minimum absolute atomic E-state index is 0.0384. The second kappa shape index (κ2) is 4.32. The lowest BCUT2D eigenvalue weighted by Gasteiger charge is -2.14. The van der Waals surface area contributed by atoms with Crippen LogP contribution in [0.3, 0.4) is 0 Å². The molecule has 1 aromatic heterocycles. The van der Waals surface area contributed by atoms with Gasteiger partial charge in [0.05, 0.1) is 18.4 Å². The standard InChI is InChI=1S/C9H14N4O4/c10-4-2-13(9(16)12-8(4)11)7-1-5(15)6(3-14)17-7/h2,5-7,14-15H,1,3,10H2,(H2,11,12,16)/t5-,6+,7+/m0/s1. The number of hydrogen-bond donors (Lipinski definition) is 4. The molecule has 0 amide bonds. The number of anilines is 2. The average Bonchev–Trinajstić information content (AvgIpc) is 2.65. The molecule has 0 unspecified atom stereocenters. The van der Waals surface area contributed by atoms with Crippen molar-refractivity contribution in [1.29, 1.82) is 0 Å². The maximum Gasteiger partial charge on any atom is 0.351 e. The van der Waals surface area contributed by atoms with E-state index >= 15 is 0 Å². The maximum absolute atomic E-state index is 11.6. The molecule has 0 aromatic carbocycles. The van der Waals surface area contributed by atoms with Crippen molar-refractivity contribution in [2.75, 3.05) is 18.1 Å². The van der Waals surface area contributed by atoms with E-state index in [4.69, 9.17) is 21.3 Å². The first kappa shape index (κ1) is 11.8. The van der Waals surface area contributed by atoms with Crippen molar-refractivity contribution in [2.24, 2.45) is 0 Å². The van der Waals surface area contributed by atoms with E-state index in [1.165, 1.54) is 6.20 Å². The highest BCUT2D eigenvalue weighted by Gasteiger charge is 2.35. The van der Waals surface area contributed by atoms with Gasteiger partial charge in [-0.15, -0.1) is 0 Å². The molecule has 1 aromatic rings. The molecule has 94 valence electrons. The van der Waals surface area contributed by atoms with E-state index in [1.54, 1.807) is 0 Å². The number of nitrogens with two attached hydrogens (primary N) is 2. The van der Waals surface area contributed by atoms with E-state index in [0.717, 1.165) is 4.57 Å². The van der Waals surface area contributed by atoms with Gasteiger partial charge < -0.3 is 26.4 Å². The summed E-state index contributed by atoms with van der Waals surface area (Å²) < 4.78 is 6.47. The summed E-state index contributed by atoms with van der Waals surface area (Å²) in [5.41, 5.74) is 10.5. The van der Waals surface area contributed by atoms with Crippen LogP contribution in [0.15, 0.2) is 11.0 Å². The largest absolute Gasteiger partial charge is 0.395 e. The molecule has 17 heavy (non-hydrogen) atoms. The monoisotopic (exact) mass is 242 g/mol. The predicted octanol–water partition coefficient (Wildman–Crippen LogP) is -1.95. The second-order valence-corrected chi connectivity index (χ2v) is 3.89. The third-order valence-corrected chi connectivity index (χ3v) is 2.71. The summed E-state index contributed by atoms with van der Waals surface area (Å²) in [5, 5.41) is 18.5. The Kier molecular flexibility index (Phi) is 3.01. The summed E-state index contributed by atoms with van der Waals surface area (Å²) in [7, 11) is 0. The zero-order valence-electron chi connectivity index (χ0n) is 8.98. The number of aliphatic hydroxyl groups is 2. The Bertz CT molecular complexity index is 475. The molecule has 1 aliphatic heterocycles. The Hall–Kier alpha value is -1.64. The third-order valence-electron chi connectivity index (χ3n) is 2.71. The molecule has 8 heteroatoms. The quantitative estimate of drug-likeness (QED) is 0.473. The normalized spacial score (nSPS) is 28.5. The highest BCUT2D eigenvalue weighted by Crippen LogP contribution is 2.27. The lowest BCUT2D eigenvalue weighted by atomic mass is 10.2. The predicted molar refractivity (Wildman–Crippen MR) is 58.9 cm³/mol. The number of nitrogen functional groups attached to an aromatic ring is 2. The molecule has 2 rings (SSSR count). The van der Waals surface area contributed by atoms with E-state index < -0.39 is 24.1 Å². The highest BCUT2D eigenvalue weighted by molar-refractivity contribution is 5.55. The lowest BCUT2D eigenvalue weighted by Crippen LogP contribution is -2.28. The minimum atomic E-state index is -0.823. The first-order valence-electron chi connectivity index (χ1n) is 5.11. The van der Waals surface area contributed by atoms with Crippen LogP contribution in [0.5, 0.6) is 0 Å². The Morgan fingerprint density at radius 1 is 1.59 bits per heavy atom. The first-order chi connectivity index (χ1) is 8.02. The van der Waals surface area contributed by atoms with Gasteiger partial charge in [-0.05, 0) is 0 Å². The van der Waals surface area contributed by atoms with Crippen molar-refractivity contribution in [1.82, 2.24) is 9.55 Å². The first-order valence-corrected chi connectivity index (χ1v) is 5.11. The summed E-state index contributed by atoms with van der Waals surface area (Å²) in [6, 6.07) is 0. The van der Waals surface area contributed by atoms with Crippen LogP contribution in [0, 0.1) is 0 Å². The van der Waals surface area contributed by atoms with Crippen LogP contribution in [0.4, 0.5) is 11.5 Å². The number of ether oxygens (including phenoxy) is 1. The number of aromatic nitrogens is 2. The van der Waals surface area contributed by atoms with Crippen molar-refractivity contribution >= 4 is 11.5 Å². The van der Waals surface area contributed by atoms with Gasteiger partial charge in [-0.3, -0.25) is 4.57 Å². The molecule has 3 atom stereocenters. The van der Waals surface area contributed by atoms with Gasteiger partial charge in [-0.2, -0.15) is 4.98 Å². The van der Waals surface area contributed by atoms with E-state index in [2.05, 4.69) is 4.98 Å². The van der Waals surface area contributed by atoms with Gasteiger partial charge in [0.2, 0.25) is 0 Å². The van der Waals surface area contributed by atoms with E-state index in [0.29, 0.717) is 0 Å². The van der Waals surface area contributed by atoms with Crippen LogP contribution >= 0.6 is 0 Å². The van der Waals surface area contributed by atoms with Crippen molar-refractivity contribution in [3.63, 3.8) is 0 Å². The number of nitrogens with zero attached hydrogens (tertiary/aromatic N) is 2. The highest BCUT2D eigenvalue weighted by atomic mass is 16.5. The molecular weight excluding hydrogens is 228 g/mol. The topological polar surface area (TPSA) is 137 Å². The molecule has 0 bridgehead atoms. The van der Waals surface area contributed by atoms with Gasteiger partial charge >= 0.3 is 5.69 Å². The fourth-order valence-electron chi connectivity index (χ4n) is 1.75. The van der Waals surface area contributed by atoms with Crippen LogP contribution in [-0.2, 0) is 4.74 Å². The molecular formula is C9H14N4O4. The number of aliphatic hydroxyl groups excluding tert-OH is 2. The Labute approximate surface area is 96.4 Å². The summed E-state index contributed by atoms with van der Waals surface area (Å²) in [5.74, 6) is -0.0384. The molecule has 1 fully saturated rings. The van der Waals surface area contributed by atoms with Gasteiger partial charge in [0.1, 0.15) is 12.3 Å². The molecule has 6 N–H and O–H groups in total. The second-order valence-electron chi connectivity index (χ2n) is 3.89. The van der Waals surface area contributed by atoms with Crippen molar-refractivity contribution in [3.8, 4) is 0 Å². The lowest BCUT2D eigenvalue weighted by molar-refractivity contribution is -0.0458. The fourth-order valence-corrected chi connectivity index (χ4v) is 1.75. The smallest absolute Gasteiger partial charge is 0.351 e. The molecule has 2 heterocycles. The molecule has 1 saturated heterocycles. The fraction of sp³-hybridized carbons (Fsp3) is 0.556. The summed E-state index contributed by atoms with van der Waals surface area (Å²) in [4.78, 5) is 15.1. The van der Waals surface area contributed by atoms with Crippen molar-refractivity contribution in [2.45, 2.75) is 24.9 Å². The average molecular weight is 242 g/mol. The zero-order chi connectivity index (χ0) is 12.6. The zero-order valence-corrected chi connectivity index (χ0v) is 8.98. The van der Waals surface area contributed by atoms with Crippen molar-refractivity contribution in [3.05, 3.63) is 16.7 Å². The molecule has 0 spiro atoms. The Balaban J connectivity index is 2.30. The van der Waals surface area contributed by atoms with E-state index in [1.807, 2.05) is 0 Å². The van der Waals surface area contributed by atoms with Crippen LogP contribution in [0.2, 0.25) is 0 Å². The van der Waals surface area contributed by atoms with Crippen molar-refractivity contribution < 1.29 is 14.9 Å². The van der Waals surface area contributed by atoms with Gasteiger partial charge in [-0.1, -0.05) is 0 Å². The van der Waals surface area contributed by atoms with Gasteiger partial charge in [0, 0.05) is 12.6 Å². The third kappa shape index (κ3) is 2.09.